The van der Waals surface area contributed by atoms with Crippen LogP contribution >= 0.6 is 11.6 Å². The second-order valence-electron chi connectivity index (χ2n) is 12.7. The molecule has 0 N–H and O–H groups in total. The highest BCUT2D eigenvalue weighted by molar-refractivity contribution is 6.32. The van der Waals surface area contributed by atoms with Gasteiger partial charge in [0.2, 0.25) is 0 Å². The van der Waals surface area contributed by atoms with Crippen LogP contribution in [0.5, 0.6) is 11.5 Å². The normalized spacial score (nSPS) is 20.4. The van der Waals surface area contributed by atoms with Crippen LogP contribution in [0.1, 0.15) is 77.3 Å². The van der Waals surface area contributed by atoms with Crippen LogP contribution < -0.4 is 9.47 Å². The first-order chi connectivity index (χ1) is 18.9. The first kappa shape index (κ1) is 28.4. The number of benzene rings is 2. The number of halogens is 2. The Morgan fingerprint density at radius 1 is 0.950 bits per heavy atom. The van der Waals surface area contributed by atoms with Crippen molar-refractivity contribution in [2.75, 3.05) is 13.7 Å². The molecule has 0 aromatic heterocycles. The molecule has 0 fully saturated rings. The average molecular weight is 566 g/mol. The van der Waals surface area contributed by atoms with Crippen molar-refractivity contribution in [1.29, 1.82) is 0 Å². The molecule has 0 saturated heterocycles. The molecule has 0 radical (unpaired) electrons. The lowest BCUT2D eigenvalue weighted by molar-refractivity contribution is -0.119. The van der Waals surface area contributed by atoms with E-state index in [0.717, 1.165) is 29.8 Å². The fourth-order valence-corrected chi connectivity index (χ4v) is 6.85. The number of Topliss-reactive ketones (excluding diaryl/α,β-unsaturated/α-hetero) is 2. The van der Waals surface area contributed by atoms with E-state index in [9.17, 15) is 14.0 Å². The molecule has 2 aromatic carbocycles. The molecule has 0 spiro atoms. The number of hydrogen-bond donors (Lipinski definition) is 0. The van der Waals surface area contributed by atoms with Gasteiger partial charge in [-0.2, -0.15) is 0 Å². The zero-order valence-electron chi connectivity index (χ0n) is 24.1. The molecule has 7 heteroatoms. The quantitative estimate of drug-likeness (QED) is 0.358. The third-order valence-corrected chi connectivity index (χ3v) is 8.53. The predicted octanol–water partition coefficient (Wildman–Crippen LogP) is 7.77. The summed E-state index contributed by atoms with van der Waals surface area (Å²) in [5.41, 5.74) is 4.14. The van der Waals surface area contributed by atoms with Crippen LogP contribution in [0.4, 0.5) is 4.39 Å². The minimum absolute atomic E-state index is 0.0251. The van der Waals surface area contributed by atoms with Gasteiger partial charge in [-0.25, -0.2) is 4.39 Å². The van der Waals surface area contributed by atoms with Crippen LogP contribution in [0.15, 0.2) is 58.9 Å². The van der Waals surface area contributed by atoms with Gasteiger partial charge in [0.05, 0.1) is 12.1 Å². The number of rotatable bonds is 6. The SMILES string of the molecule is CCN1C2=C(C(=O)CC(C)(C)C2)C(c2cc(Cl)c(OCc3ccccc3F)c(OC)c2)C2=C1CC(C)(C)CC2=O. The summed E-state index contributed by atoms with van der Waals surface area (Å²) in [6.45, 7) is 11.2. The second-order valence-corrected chi connectivity index (χ2v) is 13.1. The third kappa shape index (κ3) is 5.07. The van der Waals surface area contributed by atoms with Crippen molar-refractivity contribution in [3.05, 3.63) is 80.9 Å². The number of allylic oxidation sites excluding steroid dienone is 4. The minimum Gasteiger partial charge on any atom is -0.493 e. The first-order valence-electron chi connectivity index (χ1n) is 13.9. The maximum Gasteiger partial charge on any atom is 0.180 e. The highest BCUT2D eigenvalue weighted by atomic mass is 35.5. The molecule has 0 amide bonds. The van der Waals surface area contributed by atoms with E-state index in [1.54, 1.807) is 24.3 Å². The molecular weight excluding hydrogens is 529 g/mol. The second kappa shape index (κ2) is 10.4. The molecule has 0 atom stereocenters. The van der Waals surface area contributed by atoms with Gasteiger partial charge in [-0.3, -0.25) is 9.59 Å². The summed E-state index contributed by atoms with van der Waals surface area (Å²) in [5, 5.41) is 0.278. The molecule has 5 nitrogen and oxygen atoms in total. The largest absolute Gasteiger partial charge is 0.493 e. The summed E-state index contributed by atoms with van der Waals surface area (Å²) in [6.07, 6.45) is 2.32. The van der Waals surface area contributed by atoms with Crippen molar-refractivity contribution in [3.8, 4) is 11.5 Å². The van der Waals surface area contributed by atoms with Crippen molar-refractivity contribution in [2.24, 2.45) is 10.8 Å². The van der Waals surface area contributed by atoms with Gasteiger partial charge in [-0.15, -0.1) is 0 Å². The van der Waals surface area contributed by atoms with Crippen LogP contribution in [0.25, 0.3) is 0 Å². The highest BCUT2D eigenvalue weighted by Crippen LogP contribution is 2.55. The molecule has 212 valence electrons. The van der Waals surface area contributed by atoms with E-state index < -0.39 is 5.92 Å². The Morgan fingerprint density at radius 3 is 2.05 bits per heavy atom. The van der Waals surface area contributed by atoms with Crippen molar-refractivity contribution in [2.45, 2.75) is 72.8 Å². The van der Waals surface area contributed by atoms with Gasteiger partial charge >= 0.3 is 0 Å². The minimum atomic E-state index is -0.535. The maximum absolute atomic E-state index is 14.2. The van der Waals surface area contributed by atoms with Crippen molar-refractivity contribution < 1.29 is 23.5 Å². The first-order valence-corrected chi connectivity index (χ1v) is 14.3. The van der Waals surface area contributed by atoms with Gasteiger partial charge < -0.3 is 14.4 Å². The molecule has 2 aromatic rings. The maximum atomic E-state index is 14.2. The molecule has 40 heavy (non-hydrogen) atoms. The average Bonchev–Trinajstić information content (AvgIpc) is 2.86. The number of methoxy groups -OCH3 is 1. The molecule has 3 aliphatic rings. The van der Waals surface area contributed by atoms with E-state index in [2.05, 4.69) is 39.5 Å². The molecule has 1 heterocycles. The third-order valence-electron chi connectivity index (χ3n) is 8.25. The molecular formula is C33H37ClFNO4. The van der Waals surface area contributed by atoms with E-state index in [1.165, 1.54) is 13.2 Å². The Bertz CT molecular complexity index is 1400. The molecule has 5 rings (SSSR count). The molecule has 1 aliphatic heterocycles. The summed E-state index contributed by atoms with van der Waals surface area (Å²) >= 11 is 6.80. The van der Waals surface area contributed by atoms with Gasteiger partial charge in [0.25, 0.3) is 0 Å². The van der Waals surface area contributed by atoms with Crippen LogP contribution in [-0.4, -0.2) is 30.1 Å². The lowest BCUT2D eigenvalue weighted by atomic mass is 9.63. The van der Waals surface area contributed by atoms with Gasteiger partial charge in [0.1, 0.15) is 12.4 Å². The molecule has 0 saturated carbocycles. The fourth-order valence-electron chi connectivity index (χ4n) is 6.57. The Morgan fingerprint density at radius 2 is 1.52 bits per heavy atom. The van der Waals surface area contributed by atoms with Crippen LogP contribution in [0.3, 0.4) is 0 Å². The molecule has 0 unspecified atom stereocenters. The van der Waals surface area contributed by atoms with Crippen LogP contribution in [0.2, 0.25) is 5.02 Å². The van der Waals surface area contributed by atoms with Crippen LogP contribution in [0, 0.1) is 16.6 Å². The number of ether oxygens (including phenoxy) is 2. The lowest BCUT2D eigenvalue weighted by Gasteiger charge is -2.49. The number of hydrogen-bond acceptors (Lipinski definition) is 5. The number of carbonyl (C=O) groups is 2. The van der Waals surface area contributed by atoms with Crippen molar-refractivity contribution in [1.82, 2.24) is 4.90 Å². The van der Waals surface area contributed by atoms with Crippen molar-refractivity contribution in [3.63, 3.8) is 0 Å². The van der Waals surface area contributed by atoms with Gasteiger partial charge in [-0.1, -0.05) is 57.5 Å². The van der Waals surface area contributed by atoms with Crippen molar-refractivity contribution >= 4 is 23.2 Å². The topological polar surface area (TPSA) is 55.8 Å². The van der Waals surface area contributed by atoms with Gasteiger partial charge in [0, 0.05) is 53.4 Å². The summed E-state index contributed by atoms with van der Waals surface area (Å²) in [4.78, 5) is 29.9. The highest BCUT2D eigenvalue weighted by Gasteiger charge is 2.48. The van der Waals surface area contributed by atoms with E-state index in [4.69, 9.17) is 21.1 Å². The Labute approximate surface area is 241 Å². The van der Waals surface area contributed by atoms with E-state index >= 15 is 0 Å². The number of ketones is 2. The Balaban J connectivity index is 1.65. The zero-order chi connectivity index (χ0) is 29.0. The molecule has 2 aliphatic carbocycles. The zero-order valence-corrected chi connectivity index (χ0v) is 24.9. The molecule has 0 bridgehead atoms. The standard InChI is InChI=1S/C33H37ClFNO4/c1-7-36-23-14-32(2,3)16-25(37)29(23)28(30-24(36)15-33(4,5)17-26(30)38)20-12-21(34)31(27(13-20)39-6)40-18-19-10-8-9-11-22(19)35/h8-13,28H,7,14-18H2,1-6H3. The smallest absolute Gasteiger partial charge is 0.180 e. The monoisotopic (exact) mass is 565 g/mol. The summed E-state index contributed by atoms with van der Waals surface area (Å²) in [7, 11) is 1.52. The van der Waals surface area contributed by atoms with Crippen LogP contribution in [-0.2, 0) is 16.2 Å². The van der Waals surface area contributed by atoms with Gasteiger partial charge in [-0.05, 0) is 54.4 Å². The summed E-state index contributed by atoms with van der Waals surface area (Å²) in [5.74, 6) is -0.117. The van der Waals surface area contributed by atoms with E-state index in [0.29, 0.717) is 41.8 Å². The van der Waals surface area contributed by atoms with Gasteiger partial charge in [0.15, 0.2) is 23.1 Å². The number of carbonyl (C=O) groups excluding carboxylic acids is 2. The predicted molar refractivity (Wildman–Crippen MR) is 154 cm³/mol. The number of nitrogens with zero attached hydrogens (tertiary/aromatic N) is 1. The Hall–Kier alpha value is -3.12. The lowest BCUT2D eigenvalue weighted by Crippen LogP contribution is -2.44. The summed E-state index contributed by atoms with van der Waals surface area (Å²) < 4.78 is 25.9. The van der Waals surface area contributed by atoms with E-state index in [-0.39, 0.29) is 45.6 Å². The summed E-state index contributed by atoms with van der Waals surface area (Å²) in [6, 6.07) is 9.98. The fraction of sp³-hybridized carbons (Fsp3) is 0.455. The Kier molecular flexibility index (Phi) is 7.37. The van der Waals surface area contributed by atoms with E-state index in [1.807, 2.05) is 6.07 Å².